The zero-order chi connectivity index (χ0) is 13.7. The molecule has 4 atom stereocenters. The molecule has 1 aliphatic heterocycles. The van der Waals surface area contributed by atoms with Crippen LogP contribution in [0.5, 0.6) is 0 Å². The largest absolute Gasteiger partial charge is 0.480 e. The van der Waals surface area contributed by atoms with Gasteiger partial charge in [0, 0.05) is 13.0 Å². The molecule has 0 radical (unpaired) electrons. The van der Waals surface area contributed by atoms with Crippen molar-refractivity contribution in [3.05, 3.63) is 12.2 Å². The third kappa shape index (κ3) is 3.54. The molecule has 0 aromatic rings. The number of allylic oxidation sites excluding steroid dienone is 1. The van der Waals surface area contributed by atoms with Crippen molar-refractivity contribution in [1.82, 2.24) is 10.6 Å². The number of carbonyl (C=O) groups excluding carboxylic acids is 1. The second-order valence-electron chi connectivity index (χ2n) is 4.50. The third-order valence-corrected chi connectivity index (χ3v) is 3.12. The second kappa shape index (κ2) is 6.51. The Morgan fingerprint density at radius 1 is 1.56 bits per heavy atom. The number of carboxylic acids is 1. The number of carbonyl (C=O) groups is 2. The molecular formula is C12H20N2O4. The summed E-state index contributed by atoms with van der Waals surface area (Å²) in [6.45, 7) is 3.01. The fourth-order valence-electron chi connectivity index (χ4n) is 2.38. The van der Waals surface area contributed by atoms with Gasteiger partial charge in [-0.3, -0.25) is 14.9 Å². The van der Waals surface area contributed by atoms with E-state index in [0.717, 1.165) is 0 Å². The molecule has 0 aromatic carbocycles. The van der Waals surface area contributed by atoms with Crippen molar-refractivity contribution in [1.29, 1.82) is 0 Å². The quantitative estimate of drug-likeness (QED) is 0.497. The number of aliphatic hydroxyl groups excluding tert-OH is 1. The number of nitrogens with one attached hydrogen (secondary N) is 2. The molecule has 0 aliphatic carbocycles. The summed E-state index contributed by atoms with van der Waals surface area (Å²) in [5.41, 5.74) is 0. The predicted molar refractivity (Wildman–Crippen MR) is 66.0 cm³/mol. The average molecular weight is 256 g/mol. The van der Waals surface area contributed by atoms with Gasteiger partial charge in [-0.15, -0.1) is 0 Å². The van der Waals surface area contributed by atoms with Crippen LogP contribution in [0.4, 0.5) is 0 Å². The Kier molecular flexibility index (Phi) is 5.30. The Morgan fingerprint density at radius 3 is 2.67 bits per heavy atom. The highest BCUT2D eigenvalue weighted by atomic mass is 16.4. The van der Waals surface area contributed by atoms with Crippen molar-refractivity contribution in [2.75, 3.05) is 6.61 Å². The lowest BCUT2D eigenvalue weighted by Gasteiger charge is -2.26. The molecule has 4 N–H and O–H groups in total. The molecule has 6 nitrogen and oxygen atoms in total. The van der Waals surface area contributed by atoms with Crippen LogP contribution in [0.1, 0.15) is 20.3 Å². The lowest BCUT2D eigenvalue weighted by Crippen LogP contribution is -2.53. The summed E-state index contributed by atoms with van der Waals surface area (Å²) >= 11 is 0. The Bertz CT molecular complexity index is 343. The van der Waals surface area contributed by atoms with Gasteiger partial charge >= 0.3 is 5.97 Å². The molecule has 0 aromatic heterocycles. The molecule has 0 unspecified atom stereocenters. The fraction of sp³-hybridized carbons (Fsp3) is 0.667. The third-order valence-electron chi connectivity index (χ3n) is 3.12. The standard InChI is InChI=1S/C12H20N2O4/c1-3-4-8-5-9(12(17)18)14-11(8)10(6-15)13-7(2)16/h3-4,8-11,14-15H,5-6H2,1-2H3,(H,13,16)(H,17,18)/b4-3-/t8-,9-,10+,11-/m1/s1. The van der Waals surface area contributed by atoms with Crippen molar-refractivity contribution >= 4 is 11.9 Å². The molecule has 1 rings (SSSR count). The van der Waals surface area contributed by atoms with Gasteiger partial charge in [0.05, 0.1) is 12.6 Å². The predicted octanol–water partition coefficient (Wildman–Crippen LogP) is -0.509. The molecule has 18 heavy (non-hydrogen) atoms. The van der Waals surface area contributed by atoms with Crippen LogP contribution >= 0.6 is 0 Å². The minimum absolute atomic E-state index is 0.0138. The van der Waals surface area contributed by atoms with Crippen molar-refractivity contribution < 1.29 is 19.8 Å². The number of hydrogen-bond acceptors (Lipinski definition) is 4. The number of aliphatic hydroxyl groups is 1. The summed E-state index contributed by atoms with van der Waals surface area (Å²) in [5, 5.41) is 23.9. The maximum absolute atomic E-state index is 11.1. The molecule has 1 amide bonds. The van der Waals surface area contributed by atoms with E-state index in [1.165, 1.54) is 6.92 Å². The Hall–Kier alpha value is -1.40. The highest BCUT2D eigenvalue weighted by molar-refractivity contribution is 5.75. The number of amides is 1. The summed E-state index contributed by atoms with van der Waals surface area (Å²) in [4.78, 5) is 22.1. The van der Waals surface area contributed by atoms with E-state index >= 15 is 0 Å². The molecule has 1 heterocycles. The van der Waals surface area contributed by atoms with Gasteiger partial charge in [0.2, 0.25) is 5.91 Å². The summed E-state index contributed by atoms with van der Waals surface area (Å²) in [7, 11) is 0. The van der Waals surface area contributed by atoms with Gasteiger partial charge < -0.3 is 15.5 Å². The first kappa shape index (κ1) is 14.7. The lowest BCUT2D eigenvalue weighted by molar-refractivity contribution is -0.139. The van der Waals surface area contributed by atoms with Gasteiger partial charge in [-0.25, -0.2) is 0 Å². The minimum Gasteiger partial charge on any atom is -0.480 e. The fourth-order valence-corrected chi connectivity index (χ4v) is 2.38. The maximum atomic E-state index is 11.1. The van der Waals surface area contributed by atoms with Crippen LogP contribution < -0.4 is 10.6 Å². The molecule has 102 valence electrons. The molecule has 6 heteroatoms. The molecule has 1 aliphatic rings. The minimum atomic E-state index is -0.911. The van der Waals surface area contributed by atoms with Gasteiger partial charge in [-0.2, -0.15) is 0 Å². The van der Waals surface area contributed by atoms with E-state index in [2.05, 4.69) is 10.6 Å². The zero-order valence-electron chi connectivity index (χ0n) is 10.6. The lowest BCUT2D eigenvalue weighted by atomic mass is 9.93. The van der Waals surface area contributed by atoms with Crippen LogP contribution in [0.25, 0.3) is 0 Å². The summed E-state index contributed by atoms with van der Waals surface area (Å²) in [5.74, 6) is -1.17. The smallest absolute Gasteiger partial charge is 0.320 e. The van der Waals surface area contributed by atoms with Crippen molar-refractivity contribution in [2.24, 2.45) is 5.92 Å². The van der Waals surface area contributed by atoms with Crippen LogP contribution in [0.15, 0.2) is 12.2 Å². The number of rotatable bonds is 5. The van der Waals surface area contributed by atoms with E-state index in [4.69, 9.17) is 5.11 Å². The molecule has 0 bridgehead atoms. The van der Waals surface area contributed by atoms with E-state index in [9.17, 15) is 14.7 Å². The molecule has 0 spiro atoms. The van der Waals surface area contributed by atoms with E-state index in [0.29, 0.717) is 6.42 Å². The van der Waals surface area contributed by atoms with Crippen LogP contribution in [0, 0.1) is 5.92 Å². The summed E-state index contributed by atoms with van der Waals surface area (Å²) in [6, 6.07) is -1.39. The Labute approximate surface area is 106 Å². The molecule has 0 saturated carbocycles. The molecular weight excluding hydrogens is 236 g/mol. The van der Waals surface area contributed by atoms with Gasteiger partial charge in [0.15, 0.2) is 0 Å². The monoisotopic (exact) mass is 256 g/mol. The maximum Gasteiger partial charge on any atom is 0.320 e. The normalized spacial score (nSPS) is 29.4. The SMILES string of the molecule is C/C=C\[C@@H]1C[C@H](C(=O)O)N[C@H]1[C@H](CO)NC(C)=O. The first-order valence-corrected chi connectivity index (χ1v) is 5.99. The first-order chi connectivity index (χ1) is 8.49. The molecule has 1 saturated heterocycles. The number of hydrogen-bond donors (Lipinski definition) is 4. The Morgan fingerprint density at radius 2 is 2.22 bits per heavy atom. The second-order valence-corrected chi connectivity index (χ2v) is 4.50. The number of carboxylic acid groups (broad SMARTS) is 1. The topological polar surface area (TPSA) is 98.7 Å². The highest BCUT2D eigenvalue weighted by Crippen LogP contribution is 2.24. The van der Waals surface area contributed by atoms with E-state index in [-0.39, 0.29) is 24.5 Å². The van der Waals surface area contributed by atoms with Crippen LogP contribution in [0.2, 0.25) is 0 Å². The van der Waals surface area contributed by atoms with Gasteiger partial charge in [-0.1, -0.05) is 12.2 Å². The number of aliphatic carboxylic acids is 1. The molecule has 1 fully saturated rings. The Balaban J connectivity index is 2.81. The zero-order valence-corrected chi connectivity index (χ0v) is 10.6. The van der Waals surface area contributed by atoms with E-state index in [1.807, 2.05) is 19.1 Å². The van der Waals surface area contributed by atoms with Crippen molar-refractivity contribution in [3.8, 4) is 0 Å². The highest BCUT2D eigenvalue weighted by Gasteiger charge is 2.40. The first-order valence-electron chi connectivity index (χ1n) is 5.99. The van der Waals surface area contributed by atoms with Crippen LogP contribution in [-0.4, -0.2) is 46.8 Å². The van der Waals surface area contributed by atoms with Gasteiger partial charge in [0.1, 0.15) is 6.04 Å². The average Bonchev–Trinajstić information content (AvgIpc) is 2.70. The van der Waals surface area contributed by atoms with Crippen molar-refractivity contribution in [2.45, 2.75) is 38.4 Å². The van der Waals surface area contributed by atoms with E-state index in [1.54, 1.807) is 0 Å². The summed E-state index contributed by atoms with van der Waals surface area (Å²) < 4.78 is 0. The van der Waals surface area contributed by atoms with Gasteiger partial charge in [-0.05, 0) is 19.3 Å². The van der Waals surface area contributed by atoms with Crippen LogP contribution in [0.3, 0.4) is 0 Å². The van der Waals surface area contributed by atoms with Gasteiger partial charge in [0.25, 0.3) is 0 Å². The van der Waals surface area contributed by atoms with Crippen molar-refractivity contribution in [3.63, 3.8) is 0 Å². The van der Waals surface area contributed by atoms with E-state index < -0.39 is 18.1 Å². The summed E-state index contributed by atoms with van der Waals surface area (Å²) in [6.07, 6.45) is 4.22. The van der Waals surface area contributed by atoms with Crippen LogP contribution in [-0.2, 0) is 9.59 Å².